The zero-order valence-corrected chi connectivity index (χ0v) is 9.32. The molecule has 0 atom stereocenters. The molecule has 0 bridgehead atoms. The van der Waals surface area contributed by atoms with Crippen molar-refractivity contribution in [3.63, 3.8) is 0 Å². The number of hydrogen-bond donors (Lipinski definition) is 2. The smallest absolute Gasteiger partial charge is 0.335 e. The summed E-state index contributed by atoms with van der Waals surface area (Å²) in [5.41, 5.74) is 1.07. The molecule has 0 radical (unpaired) electrons. The van der Waals surface area contributed by atoms with Gasteiger partial charge in [0, 0.05) is 0 Å². The van der Waals surface area contributed by atoms with Crippen LogP contribution in [0.1, 0.15) is 10.4 Å². The molecule has 5 nitrogen and oxygen atoms in total. The van der Waals surface area contributed by atoms with Crippen molar-refractivity contribution in [2.45, 2.75) is 0 Å². The summed E-state index contributed by atoms with van der Waals surface area (Å²) in [4.78, 5) is 10.6. The Balaban J connectivity index is 2.19. The first-order chi connectivity index (χ1) is 8.66. The fourth-order valence-corrected chi connectivity index (χ4v) is 1.33. The molecule has 18 heavy (non-hydrogen) atoms. The van der Waals surface area contributed by atoms with Crippen molar-refractivity contribution in [1.82, 2.24) is 0 Å². The molecular formula is C13H10N2O3. The molecule has 0 aliphatic rings. The van der Waals surface area contributed by atoms with Gasteiger partial charge in [-0.25, -0.2) is 4.79 Å². The fraction of sp³-hybridized carbons (Fsp3) is 0. The first-order valence-electron chi connectivity index (χ1n) is 5.20. The van der Waals surface area contributed by atoms with Crippen LogP contribution in [0.3, 0.4) is 0 Å². The lowest BCUT2D eigenvalue weighted by atomic mass is 10.2. The first-order valence-corrected chi connectivity index (χ1v) is 5.20. The van der Waals surface area contributed by atoms with E-state index in [9.17, 15) is 9.90 Å². The van der Waals surface area contributed by atoms with Gasteiger partial charge < -0.3 is 10.2 Å². The van der Waals surface area contributed by atoms with Crippen molar-refractivity contribution in [2.24, 2.45) is 10.2 Å². The average molecular weight is 242 g/mol. The summed E-state index contributed by atoms with van der Waals surface area (Å²) in [6.45, 7) is 0. The van der Waals surface area contributed by atoms with E-state index in [1.807, 2.05) is 0 Å². The molecular weight excluding hydrogens is 232 g/mol. The van der Waals surface area contributed by atoms with E-state index in [-0.39, 0.29) is 11.3 Å². The fourth-order valence-electron chi connectivity index (χ4n) is 1.33. The van der Waals surface area contributed by atoms with Crippen LogP contribution in [0, 0.1) is 0 Å². The number of phenols is 1. The zero-order valence-electron chi connectivity index (χ0n) is 9.32. The maximum atomic E-state index is 10.6. The van der Waals surface area contributed by atoms with Crippen LogP contribution < -0.4 is 0 Å². The molecule has 2 rings (SSSR count). The molecule has 0 heterocycles. The van der Waals surface area contributed by atoms with Crippen LogP contribution in [-0.4, -0.2) is 16.2 Å². The van der Waals surface area contributed by atoms with Gasteiger partial charge in [0.05, 0.1) is 11.3 Å². The third-order valence-corrected chi connectivity index (χ3v) is 2.27. The number of carboxylic acids is 1. The topological polar surface area (TPSA) is 82.2 Å². The minimum absolute atomic E-state index is 0.0448. The Morgan fingerprint density at radius 1 is 0.944 bits per heavy atom. The van der Waals surface area contributed by atoms with Crippen molar-refractivity contribution in [2.75, 3.05) is 0 Å². The van der Waals surface area contributed by atoms with Gasteiger partial charge in [-0.15, -0.1) is 5.11 Å². The van der Waals surface area contributed by atoms with E-state index in [2.05, 4.69) is 10.2 Å². The normalized spacial score (nSPS) is 10.7. The number of hydrogen-bond acceptors (Lipinski definition) is 4. The van der Waals surface area contributed by atoms with Crippen LogP contribution in [0.25, 0.3) is 0 Å². The van der Waals surface area contributed by atoms with E-state index in [1.54, 1.807) is 30.3 Å². The number of carboxylic acid groups (broad SMARTS) is 1. The predicted octanol–water partition coefficient (Wildman–Crippen LogP) is 3.51. The Kier molecular flexibility index (Phi) is 3.33. The minimum atomic E-state index is -0.987. The highest BCUT2D eigenvalue weighted by Gasteiger charge is 2.01. The Morgan fingerprint density at radius 2 is 1.61 bits per heavy atom. The van der Waals surface area contributed by atoms with Crippen LogP contribution in [0.4, 0.5) is 11.4 Å². The largest absolute Gasteiger partial charge is 0.506 e. The number of phenolic OH excluding ortho intramolecular Hbond substituents is 1. The van der Waals surface area contributed by atoms with Crippen molar-refractivity contribution in [3.8, 4) is 5.75 Å². The number of carbonyl (C=O) groups is 1. The highest BCUT2D eigenvalue weighted by Crippen LogP contribution is 2.27. The van der Waals surface area contributed by atoms with Crippen LogP contribution in [0.5, 0.6) is 5.75 Å². The summed E-state index contributed by atoms with van der Waals surface area (Å²) in [6.07, 6.45) is 0. The van der Waals surface area contributed by atoms with Gasteiger partial charge in [-0.05, 0) is 36.4 Å². The molecule has 2 aromatic rings. The molecule has 0 saturated heterocycles. The second-order valence-electron chi connectivity index (χ2n) is 3.54. The number of azo groups is 1. The van der Waals surface area contributed by atoms with Crippen molar-refractivity contribution in [1.29, 1.82) is 0 Å². The first kappa shape index (κ1) is 11.8. The van der Waals surface area contributed by atoms with E-state index in [0.717, 1.165) is 0 Å². The van der Waals surface area contributed by atoms with Crippen LogP contribution in [0.15, 0.2) is 58.8 Å². The van der Waals surface area contributed by atoms with E-state index < -0.39 is 5.97 Å². The van der Waals surface area contributed by atoms with Gasteiger partial charge in [0.25, 0.3) is 0 Å². The molecule has 0 unspecified atom stereocenters. The molecule has 2 aromatic carbocycles. The summed E-state index contributed by atoms with van der Waals surface area (Å²) < 4.78 is 0. The highest BCUT2D eigenvalue weighted by molar-refractivity contribution is 5.87. The summed E-state index contributed by atoms with van der Waals surface area (Å²) in [5.74, 6) is -0.942. The van der Waals surface area contributed by atoms with Gasteiger partial charge in [0.2, 0.25) is 0 Å². The van der Waals surface area contributed by atoms with E-state index >= 15 is 0 Å². The predicted molar refractivity (Wildman–Crippen MR) is 65.7 cm³/mol. The monoisotopic (exact) mass is 242 g/mol. The second-order valence-corrected chi connectivity index (χ2v) is 3.54. The number of nitrogens with zero attached hydrogens (tertiary/aromatic N) is 2. The Bertz CT molecular complexity index is 591. The Hall–Kier alpha value is -2.69. The van der Waals surface area contributed by atoms with Gasteiger partial charge in [0.15, 0.2) is 0 Å². The standard InChI is InChI=1S/C13H10N2O3/c16-12-4-2-1-3-11(12)15-14-10-7-5-9(6-8-10)13(17)18/h1-8,16H,(H,17,18). The summed E-state index contributed by atoms with van der Waals surface area (Å²) >= 11 is 0. The molecule has 90 valence electrons. The van der Waals surface area contributed by atoms with Crippen LogP contribution in [-0.2, 0) is 0 Å². The maximum Gasteiger partial charge on any atom is 0.335 e. The number of aromatic hydroxyl groups is 1. The Labute approximate surface area is 103 Å². The van der Waals surface area contributed by atoms with E-state index in [4.69, 9.17) is 5.11 Å². The van der Waals surface area contributed by atoms with Gasteiger partial charge in [-0.2, -0.15) is 5.11 Å². The van der Waals surface area contributed by atoms with Gasteiger partial charge in [0.1, 0.15) is 11.4 Å². The third kappa shape index (κ3) is 2.70. The van der Waals surface area contributed by atoms with Gasteiger partial charge >= 0.3 is 5.97 Å². The van der Waals surface area contributed by atoms with Gasteiger partial charge in [-0.1, -0.05) is 12.1 Å². The molecule has 2 N–H and O–H groups in total. The second kappa shape index (κ2) is 5.09. The molecule has 0 aromatic heterocycles. The third-order valence-electron chi connectivity index (χ3n) is 2.27. The molecule has 0 aliphatic heterocycles. The summed E-state index contributed by atoms with van der Waals surface area (Å²) in [7, 11) is 0. The number of para-hydroxylation sites is 1. The van der Waals surface area contributed by atoms with Crippen molar-refractivity contribution < 1.29 is 15.0 Å². The lowest BCUT2D eigenvalue weighted by Gasteiger charge is -1.97. The number of aromatic carboxylic acids is 1. The zero-order chi connectivity index (χ0) is 13.0. The highest BCUT2D eigenvalue weighted by atomic mass is 16.4. The lowest BCUT2D eigenvalue weighted by Crippen LogP contribution is -1.93. The van der Waals surface area contributed by atoms with E-state index in [0.29, 0.717) is 11.4 Å². The summed E-state index contributed by atoms with van der Waals surface area (Å²) in [6, 6.07) is 12.6. The van der Waals surface area contributed by atoms with E-state index in [1.165, 1.54) is 18.2 Å². The quantitative estimate of drug-likeness (QED) is 0.808. The van der Waals surface area contributed by atoms with Crippen molar-refractivity contribution in [3.05, 3.63) is 54.1 Å². The number of benzene rings is 2. The van der Waals surface area contributed by atoms with Crippen LogP contribution in [0.2, 0.25) is 0 Å². The Morgan fingerprint density at radius 3 is 2.22 bits per heavy atom. The lowest BCUT2D eigenvalue weighted by molar-refractivity contribution is 0.0697. The molecule has 5 heteroatoms. The van der Waals surface area contributed by atoms with Crippen molar-refractivity contribution >= 4 is 17.3 Å². The SMILES string of the molecule is O=C(O)c1ccc(N=Nc2ccccc2O)cc1. The molecule has 0 fully saturated rings. The van der Waals surface area contributed by atoms with Crippen LogP contribution >= 0.6 is 0 Å². The maximum absolute atomic E-state index is 10.6. The molecule has 0 amide bonds. The minimum Gasteiger partial charge on any atom is -0.506 e. The molecule has 0 saturated carbocycles. The van der Waals surface area contributed by atoms with Gasteiger partial charge in [-0.3, -0.25) is 0 Å². The molecule has 0 spiro atoms. The summed E-state index contributed by atoms with van der Waals surface area (Å²) in [5, 5.41) is 26.0. The number of rotatable bonds is 3. The molecule has 0 aliphatic carbocycles. The average Bonchev–Trinajstić information content (AvgIpc) is 2.38.